The summed E-state index contributed by atoms with van der Waals surface area (Å²) < 4.78 is 13.1. The number of rotatable bonds is 2. The van der Waals surface area contributed by atoms with Gasteiger partial charge in [-0.25, -0.2) is 4.39 Å². The summed E-state index contributed by atoms with van der Waals surface area (Å²) in [4.78, 5) is 11.6. The van der Waals surface area contributed by atoms with Gasteiger partial charge in [0.1, 0.15) is 5.82 Å². The third kappa shape index (κ3) is 4.64. The fourth-order valence-electron chi connectivity index (χ4n) is 1.41. The van der Waals surface area contributed by atoms with Crippen molar-refractivity contribution in [3.8, 4) is 6.07 Å². The molecule has 0 unspecified atom stereocenters. The lowest BCUT2D eigenvalue weighted by Crippen LogP contribution is -2.19. The number of amides is 1. The summed E-state index contributed by atoms with van der Waals surface area (Å²) in [6, 6.07) is 5.61. The molecular weight excluding hydrogens is 219 g/mol. The van der Waals surface area contributed by atoms with Crippen molar-refractivity contribution >= 4 is 11.6 Å². The highest BCUT2D eigenvalue weighted by Crippen LogP contribution is 2.20. The van der Waals surface area contributed by atoms with Crippen molar-refractivity contribution in [2.45, 2.75) is 27.2 Å². The van der Waals surface area contributed by atoms with E-state index in [2.05, 4.69) is 5.32 Å². The number of halogens is 1. The fraction of sp³-hybridized carbons (Fsp3) is 0.385. The minimum absolute atomic E-state index is 0.129. The SMILES string of the molecule is CC(C)(C)CC(=O)Nc1cc(F)cc(C#N)c1. The van der Waals surface area contributed by atoms with Crippen LogP contribution in [0.1, 0.15) is 32.8 Å². The number of hydrogen-bond acceptors (Lipinski definition) is 2. The predicted octanol–water partition coefficient (Wildman–Crippen LogP) is 3.07. The molecule has 0 bridgehead atoms. The van der Waals surface area contributed by atoms with E-state index in [1.807, 2.05) is 26.8 Å². The van der Waals surface area contributed by atoms with Gasteiger partial charge < -0.3 is 5.32 Å². The van der Waals surface area contributed by atoms with Gasteiger partial charge in [0.2, 0.25) is 5.91 Å². The highest BCUT2D eigenvalue weighted by atomic mass is 19.1. The third-order valence-corrected chi connectivity index (χ3v) is 2.00. The second kappa shape index (κ2) is 4.96. The molecule has 0 spiro atoms. The van der Waals surface area contributed by atoms with Crippen molar-refractivity contribution in [1.82, 2.24) is 0 Å². The summed E-state index contributed by atoms with van der Waals surface area (Å²) in [6.07, 6.45) is 0.339. The number of nitrogens with one attached hydrogen (secondary N) is 1. The quantitative estimate of drug-likeness (QED) is 0.854. The Morgan fingerprint density at radius 1 is 1.41 bits per heavy atom. The van der Waals surface area contributed by atoms with Crippen LogP contribution in [0.5, 0.6) is 0 Å². The maximum atomic E-state index is 13.1. The number of carbonyl (C=O) groups excluding carboxylic acids is 1. The van der Waals surface area contributed by atoms with E-state index in [0.717, 1.165) is 6.07 Å². The Bertz CT molecular complexity index is 469. The Kier molecular flexibility index (Phi) is 3.84. The van der Waals surface area contributed by atoms with E-state index in [1.54, 1.807) is 0 Å². The van der Waals surface area contributed by atoms with Gasteiger partial charge in [0.15, 0.2) is 0 Å². The highest BCUT2D eigenvalue weighted by Gasteiger charge is 2.16. The Hall–Kier alpha value is -1.89. The minimum atomic E-state index is -0.532. The first-order valence-electron chi connectivity index (χ1n) is 5.31. The van der Waals surface area contributed by atoms with Crippen LogP contribution in [0.4, 0.5) is 10.1 Å². The third-order valence-electron chi connectivity index (χ3n) is 2.00. The van der Waals surface area contributed by atoms with E-state index < -0.39 is 5.82 Å². The van der Waals surface area contributed by atoms with Crippen LogP contribution in [0.15, 0.2) is 18.2 Å². The van der Waals surface area contributed by atoms with Crippen LogP contribution < -0.4 is 5.32 Å². The van der Waals surface area contributed by atoms with E-state index in [9.17, 15) is 9.18 Å². The van der Waals surface area contributed by atoms with Crippen molar-refractivity contribution in [1.29, 1.82) is 5.26 Å². The van der Waals surface area contributed by atoms with Crippen LogP contribution in [0.25, 0.3) is 0 Å². The minimum Gasteiger partial charge on any atom is -0.326 e. The first-order chi connectivity index (χ1) is 7.80. The Morgan fingerprint density at radius 2 is 2.06 bits per heavy atom. The van der Waals surface area contributed by atoms with Crippen molar-refractivity contribution in [2.75, 3.05) is 5.32 Å². The molecule has 4 heteroatoms. The van der Waals surface area contributed by atoms with E-state index in [-0.39, 0.29) is 16.9 Å². The number of anilines is 1. The lowest BCUT2D eigenvalue weighted by molar-refractivity contribution is -0.117. The number of nitrogens with zero attached hydrogens (tertiary/aromatic N) is 1. The van der Waals surface area contributed by atoms with E-state index >= 15 is 0 Å². The average molecular weight is 234 g/mol. The first-order valence-corrected chi connectivity index (χ1v) is 5.31. The molecule has 0 saturated heterocycles. The van der Waals surface area contributed by atoms with Gasteiger partial charge in [-0.15, -0.1) is 0 Å². The topological polar surface area (TPSA) is 52.9 Å². The van der Waals surface area contributed by atoms with Gasteiger partial charge in [-0.1, -0.05) is 20.8 Å². The molecule has 0 aliphatic heterocycles. The molecule has 0 saturated carbocycles. The number of hydrogen-bond donors (Lipinski definition) is 1. The maximum Gasteiger partial charge on any atom is 0.224 e. The Labute approximate surface area is 100 Å². The first kappa shape index (κ1) is 13.2. The van der Waals surface area contributed by atoms with Crippen LogP contribution in [-0.4, -0.2) is 5.91 Å². The smallest absolute Gasteiger partial charge is 0.224 e. The molecule has 1 aromatic carbocycles. The van der Waals surface area contributed by atoms with Crippen LogP contribution in [0.3, 0.4) is 0 Å². The predicted molar refractivity (Wildman–Crippen MR) is 63.8 cm³/mol. The molecule has 0 radical (unpaired) electrons. The number of nitriles is 1. The maximum absolute atomic E-state index is 13.1. The zero-order valence-corrected chi connectivity index (χ0v) is 10.2. The molecule has 0 fully saturated rings. The molecule has 17 heavy (non-hydrogen) atoms. The van der Waals surface area contributed by atoms with Gasteiger partial charge >= 0.3 is 0 Å². The van der Waals surface area contributed by atoms with Gasteiger partial charge in [0.25, 0.3) is 0 Å². The standard InChI is InChI=1S/C13H15FN2O/c1-13(2,3)7-12(17)16-11-5-9(8-15)4-10(14)6-11/h4-6H,7H2,1-3H3,(H,16,17). The molecule has 0 heterocycles. The molecular formula is C13H15FN2O. The fourth-order valence-corrected chi connectivity index (χ4v) is 1.41. The highest BCUT2D eigenvalue weighted by molar-refractivity contribution is 5.91. The van der Waals surface area contributed by atoms with Gasteiger partial charge in [-0.2, -0.15) is 5.26 Å². The summed E-state index contributed by atoms with van der Waals surface area (Å²) in [5, 5.41) is 11.3. The normalized spacial score (nSPS) is 10.8. The molecule has 1 N–H and O–H groups in total. The molecule has 1 rings (SSSR count). The second-order valence-electron chi connectivity index (χ2n) is 5.13. The van der Waals surface area contributed by atoms with Crippen molar-refractivity contribution in [3.05, 3.63) is 29.6 Å². The van der Waals surface area contributed by atoms with E-state index in [4.69, 9.17) is 5.26 Å². The lowest BCUT2D eigenvalue weighted by atomic mass is 9.92. The van der Waals surface area contributed by atoms with Crippen molar-refractivity contribution in [3.63, 3.8) is 0 Å². The molecule has 90 valence electrons. The van der Waals surface area contributed by atoms with Crippen LogP contribution >= 0.6 is 0 Å². The number of benzene rings is 1. The zero-order valence-electron chi connectivity index (χ0n) is 10.2. The number of carbonyl (C=O) groups is 1. The molecule has 3 nitrogen and oxygen atoms in total. The van der Waals surface area contributed by atoms with Crippen LogP contribution in [-0.2, 0) is 4.79 Å². The van der Waals surface area contributed by atoms with Crippen molar-refractivity contribution < 1.29 is 9.18 Å². The summed E-state index contributed by atoms with van der Waals surface area (Å²) in [5.41, 5.74) is 0.377. The molecule has 1 aromatic rings. The second-order valence-corrected chi connectivity index (χ2v) is 5.13. The zero-order chi connectivity index (χ0) is 13.1. The van der Waals surface area contributed by atoms with Gasteiger partial charge in [0, 0.05) is 12.1 Å². The van der Waals surface area contributed by atoms with Gasteiger partial charge in [-0.3, -0.25) is 4.79 Å². The van der Waals surface area contributed by atoms with Gasteiger partial charge in [0.05, 0.1) is 11.6 Å². The molecule has 0 aliphatic rings. The van der Waals surface area contributed by atoms with Crippen LogP contribution in [0.2, 0.25) is 0 Å². The molecule has 1 amide bonds. The molecule has 0 aromatic heterocycles. The Balaban J connectivity index is 2.79. The molecule has 0 aliphatic carbocycles. The summed E-state index contributed by atoms with van der Waals surface area (Å²) in [7, 11) is 0. The van der Waals surface area contributed by atoms with E-state index in [0.29, 0.717) is 12.1 Å². The van der Waals surface area contributed by atoms with Crippen LogP contribution in [0, 0.1) is 22.6 Å². The lowest BCUT2D eigenvalue weighted by Gasteiger charge is -2.17. The summed E-state index contributed by atoms with van der Waals surface area (Å²) in [6.45, 7) is 5.83. The Morgan fingerprint density at radius 3 is 2.59 bits per heavy atom. The monoisotopic (exact) mass is 234 g/mol. The largest absolute Gasteiger partial charge is 0.326 e. The summed E-state index contributed by atoms with van der Waals surface area (Å²) in [5.74, 6) is -0.720. The average Bonchev–Trinajstić information content (AvgIpc) is 2.13. The summed E-state index contributed by atoms with van der Waals surface area (Å²) >= 11 is 0. The molecule has 0 atom stereocenters. The van der Waals surface area contributed by atoms with Gasteiger partial charge in [-0.05, 0) is 23.6 Å². The van der Waals surface area contributed by atoms with E-state index in [1.165, 1.54) is 12.1 Å². The van der Waals surface area contributed by atoms with Crippen molar-refractivity contribution in [2.24, 2.45) is 5.41 Å².